The van der Waals surface area contributed by atoms with Crippen LogP contribution in [0.2, 0.25) is 0 Å². The molecule has 0 saturated carbocycles. The molecule has 1 aliphatic heterocycles. The SMILES string of the molecule is C=C(OC(C)(C)OC)N1CCC(/C(C#N)=C/N(C)C)CC1. The van der Waals surface area contributed by atoms with Gasteiger partial charge in [-0.3, -0.25) is 0 Å². The molecular weight excluding hydrogens is 266 g/mol. The lowest BCUT2D eigenvalue weighted by Crippen LogP contribution is -2.38. The van der Waals surface area contributed by atoms with Crippen LogP contribution in [0.3, 0.4) is 0 Å². The molecule has 0 amide bonds. The fraction of sp³-hybridized carbons (Fsp3) is 0.688. The average molecular weight is 293 g/mol. The maximum atomic E-state index is 9.27. The van der Waals surface area contributed by atoms with Gasteiger partial charge >= 0.3 is 0 Å². The maximum absolute atomic E-state index is 9.27. The molecule has 5 heteroatoms. The van der Waals surface area contributed by atoms with E-state index in [0.717, 1.165) is 31.5 Å². The van der Waals surface area contributed by atoms with Crippen molar-refractivity contribution in [1.82, 2.24) is 9.80 Å². The zero-order chi connectivity index (χ0) is 16.0. The predicted octanol–water partition coefficient (Wildman–Crippen LogP) is 2.54. The highest BCUT2D eigenvalue weighted by atomic mass is 16.7. The molecule has 0 spiro atoms. The zero-order valence-electron chi connectivity index (χ0n) is 13.8. The molecule has 1 aliphatic rings. The van der Waals surface area contributed by atoms with E-state index in [1.54, 1.807) is 7.11 Å². The molecule has 0 aromatic rings. The number of nitrogens with zero attached hydrogens (tertiary/aromatic N) is 3. The molecule has 21 heavy (non-hydrogen) atoms. The lowest BCUT2D eigenvalue weighted by Gasteiger charge is -2.37. The third-order valence-electron chi connectivity index (χ3n) is 3.67. The topological polar surface area (TPSA) is 48.7 Å². The summed E-state index contributed by atoms with van der Waals surface area (Å²) in [6, 6.07) is 2.32. The standard InChI is InChI=1S/C16H27N3O2/c1-13(21-16(2,3)20-6)19-9-7-14(8-10-19)15(11-17)12-18(4)5/h12,14H,1,7-10H2,2-6H3/b15-12+. The molecule has 1 heterocycles. The van der Waals surface area contributed by atoms with E-state index >= 15 is 0 Å². The number of likely N-dealkylation sites (tertiary alicyclic amines) is 1. The van der Waals surface area contributed by atoms with Crippen molar-refractivity contribution >= 4 is 0 Å². The molecule has 0 aromatic carbocycles. The largest absolute Gasteiger partial charge is 0.449 e. The molecule has 0 unspecified atom stereocenters. The van der Waals surface area contributed by atoms with E-state index in [0.29, 0.717) is 11.8 Å². The summed E-state index contributed by atoms with van der Waals surface area (Å²) in [5.41, 5.74) is 0.850. The Hall–Kier alpha value is -1.67. The van der Waals surface area contributed by atoms with Gasteiger partial charge < -0.3 is 19.3 Å². The lowest BCUT2D eigenvalue weighted by atomic mass is 9.90. The lowest BCUT2D eigenvalue weighted by molar-refractivity contribution is -0.186. The van der Waals surface area contributed by atoms with Gasteiger partial charge in [-0.25, -0.2) is 0 Å². The summed E-state index contributed by atoms with van der Waals surface area (Å²) in [4.78, 5) is 4.04. The van der Waals surface area contributed by atoms with Crippen molar-refractivity contribution in [2.75, 3.05) is 34.3 Å². The fourth-order valence-corrected chi connectivity index (χ4v) is 2.33. The Morgan fingerprint density at radius 2 is 1.95 bits per heavy atom. The van der Waals surface area contributed by atoms with Crippen LogP contribution in [0.5, 0.6) is 0 Å². The van der Waals surface area contributed by atoms with Crippen LogP contribution in [-0.4, -0.2) is 49.9 Å². The summed E-state index contributed by atoms with van der Waals surface area (Å²) in [6.07, 6.45) is 3.78. The minimum Gasteiger partial charge on any atom is -0.449 e. The quantitative estimate of drug-likeness (QED) is 0.428. The summed E-state index contributed by atoms with van der Waals surface area (Å²) in [5, 5.41) is 9.27. The van der Waals surface area contributed by atoms with Gasteiger partial charge in [0.25, 0.3) is 0 Å². The van der Waals surface area contributed by atoms with E-state index in [9.17, 15) is 5.26 Å². The van der Waals surface area contributed by atoms with E-state index in [2.05, 4.69) is 17.5 Å². The summed E-state index contributed by atoms with van der Waals surface area (Å²) in [6.45, 7) is 9.39. The van der Waals surface area contributed by atoms with Crippen molar-refractivity contribution in [3.8, 4) is 6.07 Å². The van der Waals surface area contributed by atoms with E-state index in [4.69, 9.17) is 9.47 Å². The Balaban J connectivity index is 2.56. The van der Waals surface area contributed by atoms with Crippen LogP contribution in [0.4, 0.5) is 0 Å². The van der Waals surface area contributed by atoms with Gasteiger partial charge in [0, 0.05) is 59.9 Å². The van der Waals surface area contributed by atoms with E-state index in [1.807, 2.05) is 39.0 Å². The van der Waals surface area contributed by atoms with Gasteiger partial charge in [-0.1, -0.05) is 0 Å². The smallest absolute Gasteiger partial charge is 0.206 e. The van der Waals surface area contributed by atoms with Gasteiger partial charge in [-0.2, -0.15) is 5.26 Å². The molecular formula is C16H27N3O2. The first-order valence-electron chi connectivity index (χ1n) is 7.25. The molecule has 1 fully saturated rings. The second kappa shape index (κ2) is 7.37. The summed E-state index contributed by atoms with van der Waals surface area (Å²) in [7, 11) is 5.49. The van der Waals surface area contributed by atoms with Crippen LogP contribution in [0.25, 0.3) is 0 Å². The zero-order valence-corrected chi connectivity index (χ0v) is 13.8. The molecule has 0 aliphatic carbocycles. The van der Waals surface area contributed by atoms with E-state index in [1.165, 1.54) is 0 Å². The van der Waals surface area contributed by atoms with Crippen LogP contribution in [0.1, 0.15) is 26.7 Å². The van der Waals surface area contributed by atoms with Gasteiger partial charge in [-0.15, -0.1) is 0 Å². The van der Waals surface area contributed by atoms with Crippen molar-refractivity contribution in [2.45, 2.75) is 32.5 Å². The van der Waals surface area contributed by atoms with E-state index in [-0.39, 0.29) is 0 Å². The highest BCUT2D eigenvalue weighted by Gasteiger charge is 2.26. The molecule has 0 atom stereocenters. The number of methoxy groups -OCH3 is 1. The molecule has 0 bridgehead atoms. The number of allylic oxidation sites excluding steroid dienone is 1. The van der Waals surface area contributed by atoms with Gasteiger partial charge in [-0.05, 0) is 25.3 Å². The Bertz CT molecular complexity index is 427. The Labute approximate surface area is 128 Å². The number of nitriles is 1. The van der Waals surface area contributed by atoms with E-state index < -0.39 is 5.79 Å². The Kier molecular flexibility index (Phi) is 6.10. The van der Waals surface area contributed by atoms with Crippen LogP contribution < -0.4 is 0 Å². The minimum absolute atomic E-state index is 0.317. The van der Waals surface area contributed by atoms with Gasteiger partial charge in [0.05, 0.1) is 6.07 Å². The third-order valence-corrected chi connectivity index (χ3v) is 3.67. The second-order valence-electron chi connectivity index (χ2n) is 6.02. The first-order valence-corrected chi connectivity index (χ1v) is 7.25. The Morgan fingerprint density at radius 3 is 2.38 bits per heavy atom. The molecule has 1 saturated heterocycles. The van der Waals surface area contributed by atoms with Crippen molar-refractivity contribution in [2.24, 2.45) is 5.92 Å². The highest BCUT2D eigenvalue weighted by molar-refractivity contribution is 5.23. The van der Waals surface area contributed by atoms with Crippen LogP contribution in [-0.2, 0) is 9.47 Å². The van der Waals surface area contributed by atoms with Gasteiger partial charge in [0.15, 0.2) is 5.88 Å². The van der Waals surface area contributed by atoms with Crippen molar-refractivity contribution in [1.29, 1.82) is 5.26 Å². The third kappa shape index (κ3) is 5.31. The normalized spacial score (nSPS) is 17.3. The molecule has 5 nitrogen and oxygen atoms in total. The molecule has 0 radical (unpaired) electrons. The number of hydrogen-bond acceptors (Lipinski definition) is 5. The maximum Gasteiger partial charge on any atom is 0.206 e. The van der Waals surface area contributed by atoms with Crippen molar-refractivity contribution in [3.05, 3.63) is 24.2 Å². The molecule has 0 aromatic heterocycles. The predicted molar refractivity (Wildman–Crippen MR) is 83.0 cm³/mol. The Morgan fingerprint density at radius 1 is 1.38 bits per heavy atom. The molecule has 1 rings (SSSR count). The van der Waals surface area contributed by atoms with Crippen LogP contribution in [0.15, 0.2) is 24.2 Å². The van der Waals surface area contributed by atoms with Crippen LogP contribution >= 0.6 is 0 Å². The average Bonchev–Trinajstić information content (AvgIpc) is 2.44. The molecule has 0 N–H and O–H groups in total. The number of rotatable bonds is 6. The second-order valence-corrected chi connectivity index (χ2v) is 6.02. The number of hydrogen-bond donors (Lipinski definition) is 0. The molecule has 118 valence electrons. The van der Waals surface area contributed by atoms with Gasteiger partial charge in [0.1, 0.15) is 0 Å². The summed E-state index contributed by atoms with van der Waals surface area (Å²) in [5.74, 6) is 0.281. The summed E-state index contributed by atoms with van der Waals surface area (Å²) >= 11 is 0. The van der Waals surface area contributed by atoms with Gasteiger partial charge in [0.2, 0.25) is 5.79 Å². The van der Waals surface area contributed by atoms with Crippen molar-refractivity contribution in [3.63, 3.8) is 0 Å². The minimum atomic E-state index is -0.670. The first kappa shape index (κ1) is 17.4. The first-order chi connectivity index (χ1) is 9.79. The monoisotopic (exact) mass is 293 g/mol. The van der Waals surface area contributed by atoms with Crippen molar-refractivity contribution < 1.29 is 9.47 Å². The highest BCUT2D eigenvalue weighted by Crippen LogP contribution is 2.27. The summed E-state index contributed by atoms with van der Waals surface area (Å²) < 4.78 is 11.0. The van der Waals surface area contributed by atoms with Crippen LogP contribution in [0, 0.1) is 17.2 Å². The number of ether oxygens (including phenoxy) is 2. The fourth-order valence-electron chi connectivity index (χ4n) is 2.33. The number of piperidine rings is 1.